The summed E-state index contributed by atoms with van der Waals surface area (Å²) in [5.74, 6) is -2.64. The van der Waals surface area contributed by atoms with Crippen LogP contribution in [0.1, 0.15) is 11.1 Å². The Morgan fingerprint density at radius 3 is 2.39 bits per heavy atom. The Hall–Kier alpha value is -4.14. The average molecular weight is 561 g/mol. The minimum atomic E-state index is -4.17. The van der Waals surface area contributed by atoms with Crippen molar-refractivity contribution in [1.82, 2.24) is 4.57 Å². The first-order chi connectivity index (χ1) is 17.8. The number of aromatic hydroxyl groups is 1. The van der Waals surface area contributed by atoms with Crippen LogP contribution < -0.4 is 15.4 Å². The smallest absolute Gasteiger partial charge is 0.296 e. The molecule has 3 aromatic carbocycles. The van der Waals surface area contributed by atoms with E-state index in [1.165, 1.54) is 47.0 Å². The zero-order chi connectivity index (χ0) is 27.4. The number of halogens is 2. The highest BCUT2D eigenvalue weighted by atomic mass is 32.2. The van der Waals surface area contributed by atoms with E-state index in [1.807, 2.05) is 4.72 Å². The molecule has 0 saturated carbocycles. The maximum absolute atomic E-state index is 14.1. The first-order valence-corrected chi connectivity index (χ1v) is 14.1. The van der Waals surface area contributed by atoms with Crippen molar-refractivity contribution in [2.24, 2.45) is 10.1 Å². The maximum atomic E-state index is 14.1. The number of hydrogen-bond acceptors (Lipinski definition) is 7. The Kier molecular flexibility index (Phi) is 6.04. The van der Waals surface area contributed by atoms with E-state index in [1.54, 1.807) is 0 Å². The van der Waals surface area contributed by atoms with Crippen LogP contribution in [-0.4, -0.2) is 38.0 Å². The van der Waals surface area contributed by atoms with Gasteiger partial charge in [-0.1, -0.05) is 12.1 Å². The molecule has 0 aliphatic carbocycles. The first-order valence-electron chi connectivity index (χ1n) is 10.9. The molecule has 1 aliphatic heterocycles. The first kappa shape index (κ1) is 25.5. The van der Waals surface area contributed by atoms with Gasteiger partial charge in [0.15, 0.2) is 9.84 Å². The van der Waals surface area contributed by atoms with E-state index in [-0.39, 0.29) is 39.4 Å². The molecule has 38 heavy (non-hydrogen) atoms. The Bertz CT molecular complexity index is 1940. The predicted molar refractivity (Wildman–Crippen MR) is 137 cm³/mol. The summed E-state index contributed by atoms with van der Waals surface area (Å²) in [7, 11) is -8.34. The standard InChI is InChI=1S/C24H18F2N4O6S2/c25-14-3-1-13(2-4-14)11-30-20-8-5-15(26)9-17(20)23(31)22(24(30)32)19-12-37(33,34)21-10-16(29-38(27,35)36)6-7-18(21)28-19/h1-10,29,31H,11-12H2,(H2,27,35,36). The van der Waals surface area contributed by atoms with Crippen LogP contribution in [0.4, 0.5) is 20.2 Å². The minimum absolute atomic E-state index is 0.0553. The largest absolute Gasteiger partial charge is 0.506 e. The van der Waals surface area contributed by atoms with Crippen molar-refractivity contribution in [1.29, 1.82) is 0 Å². The van der Waals surface area contributed by atoms with Gasteiger partial charge in [-0.05, 0) is 54.1 Å². The number of aliphatic imine (C=N–C) groups is 1. The van der Waals surface area contributed by atoms with Gasteiger partial charge in [0.1, 0.15) is 22.9 Å². The molecule has 4 aromatic rings. The molecular formula is C24H18F2N4O6S2. The topological polar surface area (TPSA) is 161 Å². The fourth-order valence-corrected chi connectivity index (χ4v) is 6.17. The van der Waals surface area contributed by atoms with E-state index in [2.05, 4.69) is 4.99 Å². The molecule has 1 aromatic heterocycles. The van der Waals surface area contributed by atoms with Crippen molar-refractivity contribution in [3.05, 3.63) is 93.8 Å². The van der Waals surface area contributed by atoms with Crippen molar-refractivity contribution in [3.8, 4) is 5.75 Å². The highest BCUT2D eigenvalue weighted by molar-refractivity contribution is 7.92. The van der Waals surface area contributed by atoms with Crippen molar-refractivity contribution in [3.63, 3.8) is 0 Å². The number of nitrogens with two attached hydrogens (primary N) is 1. The number of sulfone groups is 1. The number of pyridine rings is 1. The molecule has 0 unspecified atom stereocenters. The second-order valence-electron chi connectivity index (χ2n) is 8.55. The fraction of sp³-hybridized carbons (Fsp3) is 0.0833. The fourth-order valence-electron chi connectivity index (χ4n) is 4.25. The molecule has 0 saturated heterocycles. The Labute approximate surface area is 214 Å². The lowest BCUT2D eigenvalue weighted by atomic mass is 10.1. The van der Waals surface area contributed by atoms with Crippen LogP contribution in [0.15, 0.2) is 75.3 Å². The van der Waals surface area contributed by atoms with Crippen LogP contribution in [0.5, 0.6) is 5.75 Å². The number of fused-ring (bicyclic) bond motifs is 2. The van der Waals surface area contributed by atoms with E-state index in [0.717, 1.165) is 18.2 Å². The number of benzene rings is 3. The summed E-state index contributed by atoms with van der Waals surface area (Å²) >= 11 is 0. The summed E-state index contributed by atoms with van der Waals surface area (Å²) in [6.07, 6.45) is 0. The van der Waals surface area contributed by atoms with Crippen molar-refractivity contribution in [2.45, 2.75) is 11.4 Å². The number of aromatic nitrogens is 1. The molecule has 196 valence electrons. The molecule has 10 nitrogen and oxygen atoms in total. The van der Waals surface area contributed by atoms with Gasteiger partial charge in [0, 0.05) is 5.39 Å². The van der Waals surface area contributed by atoms with Crippen LogP contribution in [0.3, 0.4) is 0 Å². The summed E-state index contributed by atoms with van der Waals surface area (Å²) in [6.45, 7) is -0.0895. The monoisotopic (exact) mass is 560 g/mol. The third kappa shape index (κ3) is 4.76. The van der Waals surface area contributed by atoms with Gasteiger partial charge in [0.05, 0.1) is 39.8 Å². The lowest BCUT2D eigenvalue weighted by Crippen LogP contribution is -2.32. The van der Waals surface area contributed by atoms with Crippen LogP contribution in [0, 0.1) is 11.6 Å². The Morgan fingerprint density at radius 2 is 1.71 bits per heavy atom. The zero-order valence-corrected chi connectivity index (χ0v) is 20.9. The van der Waals surface area contributed by atoms with Gasteiger partial charge in [0.25, 0.3) is 15.8 Å². The number of hydrogen-bond donors (Lipinski definition) is 3. The van der Waals surface area contributed by atoms with Crippen molar-refractivity contribution >= 4 is 48.0 Å². The third-order valence-electron chi connectivity index (χ3n) is 5.88. The van der Waals surface area contributed by atoms with E-state index < -0.39 is 54.3 Å². The summed E-state index contributed by atoms with van der Waals surface area (Å²) < 4.78 is 79.7. The third-order valence-corrected chi connectivity index (χ3v) is 8.05. The number of anilines is 1. The molecule has 0 radical (unpaired) electrons. The van der Waals surface area contributed by atoms with Crippen LogP contribution in [-0.2, 0) is 26.6 Å². The molecule has 4 N–H and O–H groups in total. The molecule has 0 amide bonds. The number of nitrogens with one attached hydrogen (secondary N) is 1. The summed E-state index contributed by atoms with van der Waals surface area (Å²) in [5.41, 5.74) is -1.05. The van der Waals surface area contributed by atoms with Crippen LogP contribution >= 0.6 is 0 Å². The van der Waals surface area contributed by atoms with Crippen LogP contribution in [0.2, 0.25) is 0 Å². The second-order valence-corrected chi connectivity index (χ2v) is 11.8. The van der Waals surface area contributed by atoms with Crippen molar-refractivity contribution in [2.75, 3.05) is 10.5 Å². The minimum Gasteiger partial charge on any atom is -0.506 e. The lowest BCUT2D eigenvalue weighted by molar-refractivity contribution is 0.477. The SMILES string of the molecule is NS(=O)(=O)Nc1ccc2c(c1)S(=O)(=O)CC(c1c(O)c3cc(F)ccc3n(Cc3ccc(F)cc3)c1=O)=N2. The zero-order valence-electron chi connectivity index (χ0n) is 19.2. The summed E-state index contributed by atoms with van der Waals surface area (Å²) in [6, 6.07) is 12.2. The maximum Gasteiger partial charge on any atom is 0.296 e. The van der Waals surface area contributed by atoms with Gasteiger partial charge in [-0.3, -0.25) is 14.5 Å². The van der Waals surface area contributed by atoms with Crippen molar-refractivity contribution < 1.29 is 30.7 Å². The second kappa shape index (κ2) is 9.01. The van der Waals surface area contributed by atoms with E-state index in [4.69, 9.17) is 5.14 Å². The van der Waals surface area contributed by atoms with E-state index >= 15 is 0 Å². The molecule has 5 rings (SSSR count). The quantitative estimate of drug-likeness (QED) is 0.340. The summed E-state index contributed by atoms with van der Waals surface area (Å²) in [5, 5.41) is 15.9. The van der Waals surface area contributed by atoms with Gasteiger partial charge in [-0.15, -0.1) is 0 Å². The highest BCUT2D eigenvalue weighted by Crippen LogP contribution is 2.36. The Balaban J connectivity index is 1.72. The molecule has 0 fully saturated rings. The average Bonchev–Trinajstić information content (AvgIpc) is 2.82. The van der Waals surface area contributed by atoms with Crippen LogP contribution in [0.25, 0.3) is 10.9 Å². The van der Waals surface area contributed by atoms with Gasteiger partial charge in [-0.25, -0.2) is 22.3 Å². The molecular weight excluding hydrogens is 542 g/mol. The summed E-state index contributed by atoms with van der Waals surface area (Å²) in [4.78, 5) is 17.6. The predicted octanol–water partition coefficient (Wildman–Crippen LogP) is 2.56. The van der Waals surface area contributed by atoms with Gasteiger partial charge in [-0.2, -0.15) is 8.42 Å². The van der Waals surface area contributed by atoms with Gasteiger partial charge >= 0.3 is 0 Å². The molecule has 1 aliphatic rings. The lowest BCUT2D eigenvalue weighted by Gasteiger charge is -2.20. The van der Waals surface area contributed by atoms with E-state index in [0.29, 0.717) is 5.56 Å². The number of nitrogens with zero attached hydrogens (tertiary/aromatic N) is 2. The highest BCUT2D eigenvalue weighted by Gasteiger charge is 2.31. The molecule has 0 spiro atoms. The normalized spacial score (nSPS) is 14.7. The molecule has 2 heterocycles. The molecule has 0 bridgehead atoms. The molecule has 14 heteroatoms. The van der Waals surface area contributed by atoms with E-state index in [9.17, 15) is 35.5 Å². The van der Waals surface area contributed by atoms with Gasteiger partial charge in [0.2, 0.25) is 0 Å². The molecule has 0 atom stereocenters. The van der Waals surface area contributed by atoms with Gasteiger partial charge < -0.3 is 9.67 Å². The Morgan fingerprint density at radius 1 is 1.03 bits per heavy atom. The number of rotatable bonds is 5.